The average molecular weight is 412 g/mol. The third-order valence-corrected chi connectivity index (χ3v) is 4.45. The minimum absolute atomic E-state index is 0.0943. The predicted molar refractivity (Wildman–Crippen MR) is 117 cm³/mol. The van der Waals surface area contributed by atoms with Crippen molar-refractivity contribution >= 4 is 34.5 Å². The first-order chi connectivity index (χ1) is 15.1. The van der Waals surface area contributed by atoms with Crippen LogP contribution in [0.1, 0.15) is 15.9 Å². The summed E-state index contributed by atoms with van der Waals surface area (Å²) in [7, 11) is 0. The summed E-state index contributed by atoms with van der Waals surface area (Å²) < 4.78 is 5.50. The fourth-order valence-corrected chi connectivity index (χ4v) is 2.92. The molecule has 0 aliphatic rings. The number of fused-ring (bicyclic) bond motifs is 1. The van der Waals surface area contributed by atoms with Crippen LogP contribution in [0.5, 0.6) is 5.75 Å². The topological polar surface area (TPSA) is 107 Å². The molecule has 0 spiro atoms. The van der Waals surface area contributed by atoms with Gasteiger partial charge in [-0.15, -0.1) is 0 Å². The number of nitrogens with zero attached hydrogens (tertiary/aromatic N) is 3. The van der Waals surface area contributed by atoms with E-state index in [1.807, 2.05) is 36.4 Å². The lowest BCUT2D eigenvalue weighted by Gasteiger charge is -2.07. The number of anilines is 1. The molecule has 0 aliphatic heterocycles. The quantitative estimate of drug-likeness (QED) is 0.160. The van der Waals surface area contributed by atoms with Crippen molar-refractivity contribution in [3.63, 3.8) is 0 Å². The van der Waals surface area contributed by atoms with Gasteiger partial charge in [0.05, 0.1) is 16.7 Å². The molecule has 1 aromatic heterocycles. The fourth-order valence-electron chi connectivity index (χ4n) is 2.92. The van der Waals surface area contributed by atoms with Crippen molar-refractivity contribution in [2.45, 2.75) is 0 Å². The highest BCUT2D eigenvalue weighted by atomic mass is 16.6. The van der Waals surface area contributed by atoms with Gasteiger partial charge in [-0.25, -0.2) is 9.78 Å². The van der Waals surface area contributed by atoms with Gasteiger partial charge in [0.2, 0.25) is 0 Å². The van der Waals surface area contributed by atoms with Crippen molar-refractivity contribution in [1.82, 2.24) is 4.98 Å². The number of benzene rings is 3. The van der Waals surface area contributed by atoms with Gasteiger partial charge in [-0.2, -0.15) is 5.10 Å². The van der Waals surface area contributed by atoms with E-state index in [-0.39, 0.29) is 5.69 Å². The molecule has 152 valence electrons. The lowest BCUT2D eigenvalue weighted by atomic mass is 10.0. The lowest BCUT2D eigenvalue weighted by Crippen LogP contribution is -2.09. The maximum Gasteiger partial charge on any atom is 0.344 e. The van der Waals surface area contributed by atoms with Crippen LogP contribution in [-0.4, -0.2) is 22.1 Å². The average Bonchev–Trinajstić information content (AvgIpc) is 2.80. The van der Waals surface area contributed by atoms with E-state index in [0.717, 1.165) is 22.5 Å². The van der Waals surface area contributed by atoms with E-state index < -0.39 is 10.9 Å². The Bertz CT molecular complexity index is 1260. The van der Waals surface area contributed by atoms with Gasteiger partial charge in [0.15, 0.2) is 0 Å². The summed E-state index contributed by atoms with van der Waals surface area (Å²) in [5.74, 6) is 0.367. The third-order valence-electron chi connectivity index (χ3n) is 4.45. The zero-order valence-corrected chi connectivity index (χ0v) is 16.1. The summed E-state index contributed by atoms with van der Waals surface area (Å²) in [6.45, 7) is 0. The first kappa shape index (κ1) is 19.7. The molecule has 4 rings (SSSR count). The number of ether oxygens (including phenoxy) is 1. The summed E-state index contributed by atoms with van der Waals surface area (Å²) in [6.07, 6.45) is 2.70. The van der Waals surface area contributed by atoms with Crippen LogP contribution in [0.2, 0.25) is 0 Å². The molecule has 1 N–H and O–H groups in total. The van der Waals surface area contributed by atoms with Crippen LogP contribution in [0.4, 0.5) is 11.5 Å². The number of hydrazone groups is 1. The summed E-state index contributed by atoms with van der Waals surface area (Å²) in [5.41, 5.74) is 3.87. The molecule has 8 nitrogen and oxygen atoms in total. The Morgan fingerprint density at radius 3 is 2.52 bits per heavy atom. The van der Waals surface area contributed by atoms with Crippen molar-refractivity contribution in [2.75, 3.05) is 5.43 Å². The molecule has 1 heterocycles. The molecular formula is C23H16N4O4. The highest BCUT2D eigenvalue weighted by Gasteiger charge is 2.12. The van der Waals surface area contributed by atoms with Crippen molar-refractivity contribution < 1.29 is 14.5 Å². The first-order valence-electron chi connectivity index (χ1n) is 9.30. The van der Waals surface area contributed by atoms with Crippen LogP contribution in [0.25, 0.3) is 10.8 Å². The van der Waals surface area contributed by atoms with Gasteiger partial charge < -0.3 is 4.74 Å². The van der Waals surface area contributed by atoms with Crippen molar-refractivity contribution in [3.8, 4) is 5.75 Å². The van der Waals surface area contributed by atoms with Gasteiger partial charge in [0.1, 0.15) is 17.8 Å². The second kappa shape index (κ2) is 8.83. The van der Waals surface area contributed by atoms with Gasteiger partial charge in [-0.1, -0.05) is 36.4 Å². The van der Waals surface area contributed by atoms with Gasteiger partial charge in [-0.05, 0) is 52.7 Å². The summed E-state index contributed by atoms with van der Waals surface area (Å²) in [6, 6.07) is 22.8. The van der Waals surface area contributed by atoms with Crippen LogP contribution in [0, 0.1) is 10.1 Å². The van der Waals surface area contributed by atoms with Crippen LogP contribution in [0.15, 0.2) is 90.2 Å². The second-order valence-electron chi connectivity index (χ2n) is 6.51. The highest BCUT2D eigenvalue weighted by molar-refractivity contribution is 6.05. The van der Waals surface area contributed by atoms with Crippen molar-refractivity contribution in [2.24, 2.45) is 5.10 Å². The van der Waals surface area contributed by atoms with Gasteiger partial charge in [-0.3, -0.25) is 15.5 Å². The van der Waals surface area contributed by atoms with Crippen LogP contribution >= 0.6 is 0 Å². The molecule has 0 aliphatic carbocycles. The van der Waals surface area contributed by atoms with E-state index in [4.69, 9.17) is 4.74 Å². The number of esters is 1. The van der Waals surface area contributed by atoms with E-state index >= 15 is 0 Å². The zero-order valence-electron chi connectivity index (χ0n) is 16.1. The largest absolute Gasteiger partial charge is 0.423 e. The highest BCUT2D eigenvalue weighted by Crippen LogP contribution is 2.21. The smallest absolute Gasteiger partial charge is 0.344 e. The molecule has 0 saturated carbocycles. The predicted octanol–water partition coefficient (Wildman–Crippen LogP) is 4.81. The summed E-state index contributed by atoms with van der Waals surface area (Å²) in [5, 5.41) is 16.5. The van der Waals surface area contributed by atoms with E-state index in [1.54, 1.807) is 36.5 Å². The molecule has 0 radical (unpaired) electrons. The number of nitro groups is 1. The number of hydrogen-bond donors (Lipinski definition) is 1. The number of hydrogen-bond acceptors (Lipinski definition) is 7. The Hall–Kier alpha value is -4.59. The number of rotatable bonds is 6. The zero-order chi connectivity index (χ0) is 21.6. The number of nitrogens with one attached hydrogen (secondary N) is 1. The molecular weight excluding hydrogens is 396 g/mol. The Morgan fingerprint density at radius 2 is 1.77 bits per heavy atom. The standard InChI is InChI=1S/C23H16N4O4/c28-23(21-7-3-5-17-4-1-2-6-20(17)21)31-19-11-8-16(9-12-19)14-25-26-22-13-10-18(15-24-22)27(29)30/h1-15H,(H,24,26)/b25-14-. The Morgan fingerprint density at radius 1 is 1.00 bits per heavy atom. The van der Waals surface area contributed by atoms with E-state index in [2.05, 4.69) is 15.5 Å². The minimum Gasteiger partial charge on any atom is -0.423 e. The second-order valence-corrected chi connectivity index (χ2v) is 6.51. The SMILES string of the molecule is O=C(Oc1ccc(/C=N\Nc2ccc([N+](=O)[O-])cn2)cc1)c1cccc2ccccc12. The molecule has 8 heteroatoms. The van der Waals surface area contributed by atoms with Crippen LogP contribution in [0.3, 0.4) is 0 Å². The Balaban J connectivity index is 1.39. The molecule has 0 bridgehead atoms. The lowest BCUT2D eigenvalue weighted by molar-refractivity contribution is -0.385. The molecule has 0 saturated heterocycles. The van der Waals surface area contributed by atoms with Gasteiger partial charge in [0, 0.05) is 6.07 Å². The normalized spacial score (nSPS) is 10.8. The number of aromatic nitrogens is 1. The molecule has 0 amide bonds. The number of carbonyl (C=O) groups is 1. The monoisotopic (exact) mass is 412 g/mol. The molecule has 0 atom stereocenters. The van der Waals surface area contributed by atoms with Crippen LogP contribution < -0.4 is 10.2 Å². The number of pyridine rings is 1. The van der Waals surface area contributed by atoms with Crippen molar-refractivity contribution in [1.29, 1.82) is 0 Å². The molecule has 0 fully saturated rings. The summed E-state index contributed by atoms with van der Waals surface area (Å²) in [4.78, 5) is 26.6. The van der Waals surface area contributed by atoms with E-state index in [9.17, 15) is 14.9 Å². The molecule has 4 aromatic rings. The van der Waals surface area contributed by atoms with Crippen LogP contribution in [-0.2, 0) is 0 Å². The van der Waals surface area contributed by atoms with E-state index in [1.165, 1.54) is 12.1 Å². The van der Waals surface area contributed by atoms with E-state index in [0.29, 0.717) is 17.1 Å². The first-order valence-corrected chi connectivity index (χ1v) is 9.30. The third kappa shape index (κ3) is 4.70. The maximum absolute atomic E-state index is 12.6. The molecule has 0 unspecified atom stereocenters. The van der Waals surface area contributed by atoms with Gasteiger partial charge in [0.25, 0.3) is 5.69 Å². The van der Waals surface area contributed by atoms with Gasteiger partial charge >= 0.3 is 5.97 Å². The number of carbonyl (C=O) groups excluding carboxylic acids is 1. The maximum atomic E-state index is 12.6. The molecule has 3 aromatic carbocycles. The minimum atomic E-state index is -0.519. The summed E-state index contributed by atoms with van der Waals surface area (Å²) >= 11 is 0. The Kier molecular flexibility index (Phi) is 5.62. The fraction of sp³-hybridized carbons (Fsp3) is 0. The Labute approximate surface area is 177 Å². The van der Waals surface area contributed by atoms with Crippen molar-refractivity contribution in [3.05, 3.63) is 106 Å². The molecule has 31 heavy (non-hydrogen) atoms.